The Balaban J connectivity index is 0.00000289. The van der Waals surface area contributed by atoms with Gasteiger partial charge in [-0.25, -0.2) is 18.1 Å². The molecule has 5 rings (SSSR count). The van der Waals surface area contributed by atoms with Gasteiger partial charge in [0.2, 0.25) is 22.7 Å². The Morgan fingerprint density at radius 2 is 1.82 bits per heavy atom. The Morgan fingerprint density at radius 3 is 2.56 bits per heavy atom. The molecule has 0 spiro atoms. The number of nitrogens with one attached hydrogen (secondary N) is 2. The summed E-state index contributed by atoms with van der Waals surface area (Å²) in [5.41, 5.74) is 1.57. The van der Waals surface area contributed by atoms with Gasteiger partial charge < -0.3 is 19.9 Å². The minimum Gasteiger partial charge on any atom is -0.454 e. The summed E-state index contributed by atoms with van der Waals surface area (Å²) in [6, 6.07) is 17.1. The number of ether oxygens (including phenoxy) is 2. The van der Waals surface area contributed by atoms with Gasteiger partial charge in [-0.05, 0) is 54.8 Å². The van der Waals surface area contributed by atoms with E-state index >= 15 is 0 Å². The molecule has 0 radical (unpaired) electrons. The van der Waals surface area contributed by atoms with Crippen LogP contribution in [0.1, 0.15) is 19.8 Å². The number of rotatable bonds is 8. The number of aliphatic hydroxyl groups is 1. The van der Waals surface area contributed by atoms with Gasteiger partial charge in [-0.15, -0.1) is 0 Å². The number of hydrogen-bond donors (Lipinski definition) is 3. The molecule has 10 heteroatoms. The number of anilines is 1. The largest absolute Gasteiger partial charge is 0.454 e. The highest BCUT2D eigenvalue weighted by molar-refractivity contribution is 7.89. The van der Waals surface area contributed by atoms with Crippen molar-refractivity contribution in [1.29, 1.82) is 0 Å². The van der Waals surface area contributed by atoms with E-state index in [1.54, 1.807) is 30.3 Å². The van der Waals surface area contributed by atoms with Gasteiger partial charge in [0, 0.05) is 13.5 Å². The molecule has 0 unspecified atom stereocenters. The summed E-state index contributed by atoms with van der Waals surface area (Å²) in [5, 5.41) is 11.8. The molecular formula is C24H25N3O6S. The van der Waals surface area contributed by atoms with E-state index in [4.69, 9.17) is 14.6 Å². The normalized spacial score (nSPS) is 15.7. The Hall–Kier alpha value is -3.47. The number of sulfonamides is 1. The zero-order valence-electron chi connectivity index (χ0n) is 18.2. The molecule has 9 nitrogen and oxygen atoms in total. The number of carbonyl (C=O) groups excluding carboxylic acids is 1. The second kappa shape index (κ2) is 8.71. The molecule has 0 atom stereocenters. The van der Waals surface area contributed by atoms with Gasteiger partial charge in [-0.3, -0.25) is 4.79 Å². The van der Waals surface area contributed by atoms with Crippen molar-refractivity contribution in [3.63, 3.8) is 0 Å². The quantitative estimate of drug-likeness (QED) is 0.450. The van der Waals surface area contributed by atoms with E-state index in [2.05, 4.69) is 15.0 Å². The van der Waals surface area contributed by atoms with Crippen molar-refractivity contribution in [1.82, 2.24) is 9.71 Å². The second-order valence-electron chi connectivity index (χ2n) is 8.16. The Morgan fingerprint density at radius 1 is 1.06 bits per heavy atom. The first-order valence-electron chi connectivity index (χ1n) is 10.8. The molecule has 1 fully saturated rings. The summed E-state index contributed by atoms with van der Waals surface area (Å²) in [7, 11) is -3.69. The molecular weight excluding hydrogens is 458 g/mol. The van der Waals surface area contributed by atoms with Crippen LogP contribution >= 0.6 is 0 Å². The van der Waals surface area contributed by atoms with Crippen LogP contribution in [0.4, 0.5) is 5.82 Å². The highest BCUT2D eigenvalue weighted by Gasteiger charge is 2.51. The van der Waals surface area contributed by atoms with E-state index in [1.807, 2.05) is 18.2 Å². The number of carbonyl (C=O) groups is 1. The van der Waals surface area contributed by atoms with Crippen LogP contribution < -0.4 is 19.5 Å². The molecule has 3 aromatic rings. The number of fused-ring (bicyclic) bond motifs is 1. The van der Waals surface area contributed by atoms with Gasteiger partial charge in [0.05, 0.1) is 22.6 Å². The van der Waals surface area contributed by atoms with E-state index in [1.165, 1.54) is 12.1 Å². The molecule has 1 saturated carbocycles. The van der Waals surface area contributed by atoms with E-state index < -0.39 is 15.4 Å². The van der Waals surface area contributed by atoms with Crippen LogP contribution in [-0.2, 0) is 20.2 Å². The van der Waals surface area contributed by atoms with Crippen LogP contribution in [0, 0.1) is 0 Å². The first kappa shape index (κ1) is 22.3. The van der Waals surface area contributed by atoms with Gasteiger partial charge in [0.25, 0.3) is 0 Å². The zero-order chi connectivity index (χ0) is 23.8. The summed E-state index contributed by atoms with van der Waals surface area (Å²) in [5.74, 6) is 1.61. The maximum atomic E-state index is 13.2. The highest BCUT2D eigenvalue weighted by atomic mass is 32.2. The van der Waals surface area contributed by atoms with Crippen molar-refractivity contribution in [2.24, 2.45) is 0 Å². The fourth-order valence-electron chi connectivity index (χ4n) is 3.94. The predicted molar refractivity (Wildman–Crippen MR) is 126 cm³/mol. The summed E-state index contributed by atoms with van der Waals surface area (Å²) in [4.78, 5) is 17.8. The molecule has 2 aromatic carbocycles. The summed E-state index contributed by atoms with van der Waals surface area (Å²) < 4.78 is 37.5. The molecule has 1 aromatic heterocycles. The third kappa shape index (κ3) is 4.23. The Labute approximate surface area is 198 Å². The standard InChI is InChI=1S/C24H23N3O6S.H2/c28-13-12-25-34(30,31)18-7-4-16(5-8-18)19-2-1-3-22(26-19)27-23(29)24(10-11-24)17-6-9-20-21(14-17)33-15-32-20;/h1-9,14,25,28H,10-13,15H2,(H,26,27,29);1H. The van der Waals surface area contributed by atoms with Crippen molar-refractivity contribution < 1.29 is 29.2 Å². The lowest BCUT2D eigenvalue weighted by atomic mass is 9.94. The molecule has 1 amide bonds. The molecule has 0 saturated heterocycles. The van der Waals surface area contributed by atoms with Gasteiger partial charge in [0.1, 0.15) is 5.82 Å². The Kier molecular flexibility index (Phi) is 5.72. The molecule has 1 aliphatic heterocycles. The first-order chi connectivity index (χ1) is 16.4. The van der Waals surface area contributed by atoms with Crippen LogP contribution in [0.15, 0.2) is 65.6 Å². The number of hydrogen-bond acceptors (Lipinski definition) is 7. The maximum absolute atomic E-state index is 13.2. The minimum absolute atomic E-state index is 0. The third-order valence-corrected chi connectivity index (χ3v) is 7.44. The molecule has 178 valence electrons. The lowest BCUT2D eigenvalue weighted by molar-refractivity contribution is -0.118. The fourth-order valence-corrected chi connectivity index (χ4v) is 4.96. The number of amides is 1. The van der Waals surface area contributed by atoms with Crippen molar-refractivity contribution in [2.45, 2.75) is 23.2 Å². The summed E-state index contributed by atoms with van der Waals surface area (Å²) >= 11 is 0. The van der Waals surface area contributed by atoms with Crippen molar-refractivity contribution >= 4 is 21.7 Å². The van der Waals surface area contributed by atoms with E-state index in [9.17, 15) is 13.2 Å². The van der Waals surface area contributed by atoms with Gasteiger partial charge in [-0.1, -0.05) is 24.3 Å². The highest BCUT2D eigenvalue weighted by Crippen LogP contribution is 2.51. The third-order valence-electron chi connectivity index (χ3n) is 5.96. The number of pyridine rings is 1. The van der Waals surface area contributed by atoms with Gasteiger partial charge in [-0.2, -0.15) is 0 Å². The average Bonchev–Trinajstić information content (AvgIpc) is 3.54. The summed E-state index contributed by atoms with van der Waals surface area (Å²) in [6.07, 6.45) is 1.47. The van der Waals surface area contributed by atoms with E-state index in [0.29, 0.717) is 28.6 Å². The molecule has 1 aliphatic carbocycles. The minimum atomic E-state index is -3.69. The lowest BCUT2D eigenvalue weighted by Crippen LogP contribution is -2.28. The van der Waals surface area contributed by atoms with E-state index in [-0.39, 0.29) is 32.2 Å². The predicted octanol–water partition coefficient (Wildman–Crippen LogP) is 2.66. The zero-order valence-corrected chi connectivity index (χ0v) is 19.0. The molecule has 34 heavy (non-hydrogen) atoms. The van der Waals surface area contributed by atoms with E-state index in [0.717, 1.165) is 18.4 Å². The van der Waals surface area contributed by atoms with Crippen molar-refractivity contribution in [3.05, 3.63) is 66.2 Å². The molecule has 2 aliphatic rings. The van der Waals surface area contributed by atoms with Crippen LogP contribution in [0.3, 0.4) is 0 Å². The summed E-state index contributed by atoms with van der Waals surface area (Å²) in [6.45, 7) is -0.155. The van der Waals surface area contributed by atoms with Gasteiger partial charge >= 0.3 is 0 Å². The van der Waals surface area contributed by atoms with Crippen LogP contribution in [0.5, 0.6) is 11.5 Å². The average molecular weight is 484 g/mol. The second-order valence-corrected chi connectivity index (χ2v) is 9.93. The monoisotopic (exact) mass is 483 g/mol. The lowest BCUT2D eigenvalue weighted by Gasteiger charge is -2.16. The molecule has 2 heterocycles. The van der Waals surface area contributed by atoms with Crippen LogP contribution in [0.25, 0.3) is 11.3 Å². The topological polar surface area (TPSA) is 127 Å². The van der Waals surface area contributed by atoms with Crippen molar-refractivity contribution in [3.8, 4) is 22.8 Å². The first-order valence-corrected chi connectivity index (χ1v) is 12.3. The van der Waals surface area contributed by atoms with Crippen LogP contribution in [-0.4, -0.2) is 44.4 Å². The SMILES string of the molecule is O=C(Nc1cccc(-c2ccc(S(=O)(=O)NCCO)cc2)n1)C1(c2ccc3c(c2)OCO3)CC1.[HH]. The number of aromatic nitrogens is 1. The maximum Gasteiger partial charge on any atom is 0.240 e. The molecule has 3 N–H and O–H groups in total. The Bertz CT molecular complexity index is 1340. The smallest absolute Gasteiger partial charge is 0.240 e. The molecule has 0 bridgehead atoms. The van der Waals surface area contributed by atoms with Crippen LogP contribution in [0.2, 0.25) is 0 Å². The number of benzene rings is 2. The number of aliphatic hydroxyl groups excluding tert-OH is 1. The van der Waals surface area contributed by atoms with Crippen molar-refractivity contribution in [2.75, 3.05) is 25.3 Å². The van der Waals surface area contributed by atoms with Gasteiger partial charge in [0.15, 0.2) is 11.5 Å². The fraction of sp³-hybridized carbons (Fsp3) is 0.250. The number of nitrogens with zero attached hydrogens (tertiary/aromatic N) is 1.